The topological polar surface area (TPSA) is 94.7 Å². The number of pyridine rings is 1. The molecule has 0 aliphatic heterocycles. The van der Waals surface area contributed by atoms with Gasteiger partial charge in [0.05, 0.1) is 18.8 Å². The summed E-state index contributed by atoms with van der Waals surface area (Å²) in [7, 11) is 0. The molecule has 0 fully saturated rings. The number of fused-ring (bicyclic) bond motifs is 1. The number of allylic oxidation sites excluding steroid dienone is 3. The van der Waals surface area contributed by atoms with Crippen LogP contribution in [0.1, 0.15) is 45.2 Å². The van der Waals surface area contributed by atoms with E-state index in [9.17, 15) is 9.90 Å². The van der Waals surface area contributed by atoms with Crippen LogP contribution in [-0.4, -0.2) is 28.8 Å². The number of hydrogen-bond acceptors (Lipinski definition) is 6. The van der Waals surface area contributed by atoms with Crippen LogP contribution in [0.5, 0.6) is 5.75 Å². The second kappa shape index (κ2) is 11.4. The molecule has 0 aliphatic rings. The smallest absolute Gasteiger partial charge is 0.310 e. The molecule has 1 unspecified atom stereocenters. The number of esters is 1. The van der Waals surface area contributed by atoms with Crippen LogP contribution in [0, 0.1) is 0 Å². The summed E-state index contributed by atoms with van der Waals surface area (Å²) in [4.78, 5) is 16.2. The Morgan fingerprint density at radius 1 is 1.18 bits per heavy atom. The number of para-hydroxylation sites is 1. The molecule has 0 aliphatic carbocycles. The maximum Gasteiger partial charge on any atom is 0.310 e. The lowest BCUT2D eigenvalue weighted by molar-refractivity contribution is -0.142. The number of nitrogens with two attached hydrogens (primary N) is 1. The van der Waals surface area contributed by atoms with E-state index in [1.807, 2.05) is 68.5 Å². The van der Waals surface area contributed by atoms with Gasteiger partial charge in [0.1, 0.15) is 17.7 Å². The standard InChI is InChI=1S/C28H32N2O4/c1-5-20(19(4)34-26-10-8-7-9-23(26)17-27(32)33-6-2)15-24(18(3)31)22-12-11-21-13-14-30-28(29)25(21)16-22/h7-16,19,31H,5-6,17H2,1-4H3,(H2,29,30)/b20-15+,24-18-. The number of aliphatic hydroxyl groups excluding tert-OH is 1. The Kier molecular flexibility index (Phi) is 8.30. The average molecular weight is 461 g/mol. The molecule has 34 heavy (non-hydrogen) atoms. The van der Waals surface area contributed by atoms with Crippen molar-refractivity contribution in [2.24, 2.45) is 0 Å². The third-order valence-electron chi connectivity index (χ3n) is 5.67. The van der Waals surface area contributed by atoms with Crippen LogP contribution >= 0.6 is 0 Å². The molecule has 1 atom stereocenters. The predicted octanol–water partition coefficient (Wildman–Crippen LogP) is 6.02. The van der Waals surface area contributed by atoms with E-state index in [2.05, 4.69) is 4.98 Å². The Morgan fingerprint density at radius 2 is 1.94 bits per heavy atom. The van der Waals surface area contributed by atoms with Crippen molar-refractivity contribution in [1.82, 2.24) is 4.98 Å². The SMILES string of the molecule is CCOC(=O)Cc1ccccc1OC(C)/C(=C/C(=C(\C)O)c1ccc2ccnc(N)c2c1)CC. The van der Waals surface area contributed by atoms with Crippen LogP contribution in [-0.2, 0) is 16.0 Å². The lowest BCUT2D eigenvalue weighted by Gasteiger charge is -2.20. The fourth-order valence-corrected chi connectivity index (χ4v) is 3.85. The molecule has 2 aromatic carbocycles. The van der Waals surface area contributed by atoms with Crippen LogP contribution in [0.2, 0.25) is 0 Å². The molecular weight excluding hydrogens is 428 g/mol. The molecule has 178 valence electrons. The maximum atomic E-state index is 12.0. The van der Waals surface area contributed by atoms with Crippen molar-refractivity contribution in [1.29, 1.82) is 0 Å². The molecule has 6 heteroatoms. The number of hydrogen-bond donors (Lipinski definition) is 2. The molecule has 0 spiro atoms. The highest BCUT2D eigenvalue weighted by Gasteiger charge is 2.16. The van der Waals surface area contributed by atoms with E-state index in [-0.39, 0.29) is 24.3 Å². The zero-order chi connectivity index (χ0) is 24.7. The van der Waals surface area contributed by atoms with Gasteiger partial charge in [-0.05, 0) is 68.0 Å². The number of nitrogen functional groups attached to an aromatic ring is 1. The summed E-state index contributed by atoms with van der Waals surface area (Å²) >= 11 is 0. The number of carbonyl (C=O) groups excluding carboxylic acids is 1. The lowest BCUT2D eigenvalue weighted by Crippen LogP contribution is -2.17. The van der Waals surface area contributed by atoms with Gasteiger partial charge in [0.25, 0.3) is 0 Å². The molecule has 6 nitrogen and oxygen atoms in total. The van der Waals surface area contributed by atoms with E-state index in [0.717, 1.165) is 33.9 Å². The largest absolute Gasteiger partial charge is 0.512 e. The Morgan fingerprint density at radius 3 is 2.65 bits per heavy atom. The minimum Gasteiger partial charge on any atom is -0.512 e. The molecule has 0 radical (unpaired) electrons. The number of nitrogens with zero attached hydrogens (tertiary/aromatic N) is 1. The van der Waals surface area contributed by atoms with Crippen molar-refractivity contribution in [2.75, 3.05) is 12.3 Å². The first-order chi connectivity index (χ1) is 16.3. The molecular formula is C28H32N2O4. The molecule has 0 saturated heterocycles. The highest BCUT2D eigenvalue weighted by molar-refractivity contribution is 5.94. The monoisotopic (exact) mass is 460 g/mol. The van der Waals surface area contributed by atoms with Gasteiger partial charge in [-0.25, -0.2) is 4.98 Å². The minimum absolute atomic E-state index is 0.148. The molecule has 0 amide bonds. The van der Waals surface area contributed by atoms with Gasteiger partial charge in [-0.2, -0.15) is 0 Å². The van der Waals surface area contributed by atoms with Gasteiger partial charge >= 0.3 is 5.97 Å². The summed E-state index contributed by atoms with van der Waals surface area (Å²) in [6.45, 7) is 7.80. The normalized spacial score (nSPS) is 13.4. The van der Waals surface area contributed by atoms with Crippen LogP contribution in [0.25, 0.3) is 16.3 Å². The third kappa shape index (κ3) is 5.95. The van der Waals surface area contributed by atoms with Gasteiger partial charge in [0, 0.05) is 22.7 Å². The average Bonchev–Trinajstić information content (AvgIpc) is 2.81. The number of carbonyl (C=O) groups is 1. The summed E-state index contributed by atoms with van der Waals surface area (Å²) in [5.41, 5.74) is 9.37. The first-order valence-corrected chi connectivity index (χ1v) is 11.5. The van der Waals surface area contributed by atoms with E-state index in [0.29, 0.717) is 23.7 Å². The number of aliphatic hydroxyl groups is 1. The van der Waals surface area contributed by atoms with E-state index >= 15 is 0 Å². The van der Waals surface area contributed by atoms with Crippen molar-refractivity contribution in [3.8, 4) is 5.75 Å². The molecule has 0 saturated carbocycles. The third-order valence-corrected chi connectivity index (χ3v) is 5.67. The second-order valence-corrected chi connectivity index (χ2v) is 8.05. The lowest BCUT2D eigenvalue weighted by atomic mass is 9.96. The van der Waals surface area contributed by atoms with E-state index in [1.54, 1.807) is 20.0 Å². The van der Waals surface area contributed by atoms with Crippen LogP contribution < -0.4 is 10.5 Å². The summed E-state index contributed by atoms with van der Waals surface area (Å²) in [6.07, 6.45) is 4.22. The van der Waals surface area contributed by atoms with Gasteiger partial charge < -0.3 is 20.3 Å². The van der Waals surface area contributed by atoms with Crippen molar-refractivity contribution >= 4 is 28.1 Å². The number of aromatic nitrogens is 1. The summed E-state index contributed by atoms with van der Waals surface area (Å²) in [5, 5.41) is 12.3. The second-order valence-electron chi connectivity index (χ2n) is 8.05. The molecule has 1 aromatic heterocycles. The molecule has 3 N–H and O–H groups in total. The first-order valence-electron chi connectivity index (χ1n) is 11.5. The van der Waals surface area contributed by atoms with Gasteiger partial charge in [-0.15, -0.1) is 0 Å². The van der Waals surface area contributed by atoms with Crippen molar-refractivity contribution in [2.45, 2.75) is 46.6 Å². The summed E-state index contributed by atoms with van der Waals surface area (Å²) in [5.74, 6) is 0.994. The Bertz CT molecular complexity index is 1230. The van der Waals surface area contributed by atoms with Gasteiger partial charge in [0.15, 0.2) is 0 Å². The predicted molar refractivity (Wildman–Crippen MR) is 137 cm³/mol. The van der Waals surface area contributed by atoms with Gasteiger partial charge in [0.2, 0.25) is 0 Å². The minimum atomic E-state index is -0.288. The van der Waals surface area contributed by atoms with Crippen LogP contribution in [0.4, 0.5) is 5.82 Å². The van der Waals surface area contributed by atoms with E-state index < -0.39 is 0 Å². The summed E-state index contributed by atoms with van der Waals surface area (Å²) < 4.78 is 11.4. The zero-order valence-electron chi connectivity index (χ0n) is 20.2. The molecule has 3 rings (SSSR count). The molecule has 1 heterocycles. The quantitative estimate of drug-likeness (QED) is 0.230. The highest BCUT2D eigenvalue weighted by atomic mass is 16.5. The van der Waals surface area contributed by atoms with Crippen LogP contribution in [0.3, 0.4) is 0 Å². The van der Waals surface area contributed by atoms with Gasteiger partial charge in [-0.3, -0.25) is 4.79 Å². The Balaban J connectivity index is 1.91. The zero-order valence-corrected chi connectivity index (χ0v) is 20.2. The number of ether oxygens (including phenoxy) is 2. The van der Waals surface area contributed by atoms with Crippen molar-refractivity contribution in [3.05, 3.63) is 83.3 Å². The number of anilines is 1. The Labute approximate surface area is 200 Å². The van der Waals surface area contributed by atoms with Crippen LogP contribution in [0.15, 0.2) is 72.1 Å². The first kappa shape index (κ1) is 24.8. The molecule has 0 bridgehead atoms. The van der Waals surface area contributed by atoms with E-state index in [4.69, 9.17) is 15.2 Å². The van der Waals surface area contributed by atoms with E-state index in [1.165, 1.54) is 0 Å². The van der Waals surface area contributed by atoms with Crippen molar-refractivity contribution in [3.63, 3.8) is 0 Å². The number of benzene rings is 2. The highest BCUT2D eigenvalue weighted by Crippen LogP contribution is 2.29. The maximum absolute atomic E-state index is 12.0. The fourth-order valence-electron chi connectivity index (χ4n) is 3.85. The van der Waals surface area contributed by atoms with Gasteiger partial charge in [-0.1, -0.05) is 37.3 Å². The van der Waals surface area contributed by atoms with Crippen molar-refractivity contribution < 1.29 is 19.4 Å². The fraction of sp³-hybridized carbons (Fsp3) is 0.286. The number of rotatable bonds is 9. The molecule has 3 aromatic rings. The summed E-state index contributed by atoms with van der Waals surface area (Å²) in [6, 6.07) is 15.2. The Hall–Kier alpha value is -3.80.